The van der Waals surface area contributed by atoms with Crippen LogP contribution in [-0.2, 0) is 4.79 Å². The summed E-state index contributed by atoms with van der Waals surface area (Å²) in [5.74, 6) is 0.259. The fourth-order valence-corrected chi connectivity index (χ4v) is 1.62. The van der Waals surface area contributed by atoms with E-state index in [2.05, 4.69) is 0 Å². The number of aliphatic hydroxyl groups excluding tert-OH is 1. The molecule has 0 radical (unpaired) electrons. The van der Waals surface area contributed by atoms with Crippen LogP contribution in [-0.4, -0.2) is 35.6 Å². The smallest absolute Gasteiger partial charge is 0.226 e. The van der Waals surface area contributed by atoms with Crippen LogP contribution in [0.4, 0.5) is 0 Å². The van der Waals surface area contributed by atoms with E-state index in [1.165, 1.54) is 0 Å². The van der Waals surface area contributed by atoms with E-state index in [9.17, 15) is 4.79 Å². The molecule has 1 aliphatic carbocycles. The van der Waals surface area contributed by atoms with Crippen LogP contribution in [0.1, 0.15) is 19.8 Å². The van der Waals surface area contributed by atoms with E-state index in [0.29, 0.717) is 6.54 Å². The predicted octanol–water partition coefficient (Wildman–Crippen LogP) is 0.792. The number of rotatable bonds is 3. The molecule has 0 fully saturated rings. The van der Waals surface area contributed by atoms with Crippen LogP contribution in [0.3, 0.4) is 0 Å². The molecule has 74 valence electrons. The van der Waals surface area contributed by atoms with E-state index >= 15 is 0 Å². The minimum atomic E-state index is -0.441. The summed E-state index contributed by atoms with van der Waals surface area (Å²) in [4.78, 5) is 13.3. The van der Waals surface area contributed by atoms with Gasteiger partial charge in [-0.25, -0.2) is 0 Å². The minimum absolute atomic E-state index is 0.115. The maximum Gasteiger partial charge on any atom is 0.226 e. The van der Waals surface area contributed by atoms with Crippen LogP contribution >= 0.6 is 0 Å². The summed E-state index contributed by atoms with van der Waals surface area (Å²) in [5.41, 5.74) is 0. The fourth-order valence-electron chi connectivity index (χ4n) is 1.62. The number of aliphatic hydroxyl groups is 1. The Balaban J connectivity index is 2.37. The molecule has 1 unspecified atom stereocenters. The molecule has 3 nitrogen and oxygen atoms in total. The topological polar surface area (TPSA) is 40.5 Å². The number of likely N-dealkylation sites (N-methyl/N-ethyl adjacent to an activating group) is 1. The molecule has 0 spiro atoms. The summed E-state index contributed by atoms with van der Waals surface area (Å²) in [6, 6.07) is 0. The molecule has 1 N–H and O–H groups in total. The Bertz CT molecular complexity index is 203. The van der Waals surface area contributed by atoms with Crippen molar-refractivity contribution in [3.05, 3.63) is 12.2 Å². The average Bonchev–Trinajstić information content (AvgIpc) is 2.53. The maximum absolute atomic E-state index is 11.7. The van der Waals surface area contributed by atoms with Gasteiger partial charge in [-0.15, -0.1) is 0 Å². The van der Waals surface area contributed by atoms with E-state index in [4.69, 9.17) is 5.11 Å². The lowest BCUT2D eigenvalue weighted by Crippen LogP contribution is -2.36. The normalized spacial score (nSPS) is 19.0. The third-order valence-corrected chi connectivity index (χ3v) is 2.27. The van der Waals surface area contributed by atoms with Gasteiger partial charge >= 0.3 is 0 Å². The SMILES string of the molecule is CC(O)CN(C)C(=O)C1CC=CC1. The highest BCUT2D eigenvalue weighted by molar-refractivity contribution is 5.79. The van der Waals surface area contributed by atoms with Gasteiger partial charge in [0.2, 0.25) is 5.91 Å². The molecule has 1 rings (SSSR count). The predicted molar refractivity (Wildman–Crippen MR) is 51.2 cm³/mol. The standard InChI is InChI=1S/C10H17NO2/c1-8(12)7-11(2)10(13)9-5-3-4-6-9/h3-4,8-9,12H,5-7H2,1-2H3. The van der Waals surface area contributed by atoms with Crippen LogP contribution in [0.5, 0.6) is 0 Å². The Morgan fingerprint density at radius 2 is 2.15 bits per heavy atom. The average molecular weight is 183 g/mol. The Morgan fingerprint density at radius 1 is 1.62 bits per heavy atom. The molecular weight excluding hydrogens is 166 g/mol. The molecule has 0 saturated carbocycles. The Labute approximate surface area is 79.0 Å². The molecule has 0 bridgehead atoms. The second-order valence-corrected chi connectivity index (χ2v) is 3.71. The molecule has 3 heteroatoms. The van der Waals surface area contributed by atoms with Crippen molar-refractivity contribution in [2.45, 2.75) is 25.9 Å². The quantitative estimate of drug-likeness (QED) is 0.657. The van der Waals surface area contributed by atoms with Crippen molar-refractivity contribution in [1.82, 2.24) is 4.90 Å². The second-order valence-electron chi connectivity index (χ2n) is 3.71. The van der Waals surface area contributed by atoms with Gasteiger partial charge in [0.05, 0.1) is 6.10 Å². The molecule has 0 aromatic rings. The third kappa shape index (κ3) is 2.84. The minimum Gasteiger partial charge on any atom is -0.392 e. The number of carbonyl (C=O) groups excluding carboxylic acids is 1. The largest absolute Gasteiger partial charge is 0.392 e. The Hall–Kier alpha value is -0.830. The van der Waals surface area contributed by atoms with Gasteiger partial charge in [0.1, 0.15) is 0 Å². The molecule has 1 amide bonds. The summed E-state index contributed by atoms with van der Waals surface area (Å²) in [5, 5.41) is 9.10. The first-order valence-corrected chi connectivity index (χ1v) is 4.69. The molecule has 0 heterocycles. The second kappa shape index (κ2) is 4.42. The molecular formula is C10H17NO2. The van der Waals surface area contributed by atoms with Crippen molar-refractivity contribution in [3.63, 3.8) is 0 Å². The zero-order valence-corrected chi connectivity index (χ0v) is 8.23. The van der Waals surface area contributed by atoms with Crippen molar-refractivity contribution >= 4 is 5.91 Å². The zero-order valence-electron chi connectivity index (χ0n) is 8.23. The fraction of sp³-hybridized carbons (Fsp3) is 0.700. The summed E-state index contributed by atoms with van der Waals surface area (Å²) < 4.78 is 0. The third-order valence-electron chi connectivity index (χ3n) is 2.27. The molecule has 1 atom stereocenters. The highest BCUT2D eigenvalue weighted by Gasteiger charge is 2.22. The van der Waals surface area contributed by atoms with Gasteiger partial charge in [0, 0.05) is 19.5 Å². The molecule has 13 heavy (non-hydrogen) atoms. The van der Waals surface area contributed by atoms with Gasteiger partial charge in [-0.1, -0.05) is 12.2 Å². The number of hydrogen-bond acceptors (Lipinski definition) is 2. The van der Waals surface area contributed by atoms with Gasteiger partial charge < -0.3 is 10.0 Å². The van der Waals surface area contributed by atoms with Crippen molar-refractivity contribution in [2.24, 2.45) is 5.92 Å². The molecule has 1 aliphatic rings. The van der Waals surface area contributed by atoms with E-state index in [0.717, 1.165) is 12.8 Å². The van der Waals surface area contributed by atoms with Crippen LogP contribution in [0.2, 0.25) is 0 Å². The molecule has 0 saturated heterocycles. The van der Waals surface area contributed by atoms with Crippen LogP contribution in [0.15, 0.2) is 12.2 Å². The lowest BCUT2D eigenvalue weighted by Gasteiger charge is -2.22. The Kier molecular flexibility index (Phi) is 3.48. The van der Waals surface area contributed by atoms with E-state index < -0.39 is 6.10 Å². The van der Waals surface area contributed by atoms with Crippen LogP contribution in [0, 0.1) is 5.92 Å². The first-order chi connectivity index (χ1) is 6.11. The van der Waals surface area contributed by atoms with Gasteiger partial charge in [-0.05, 0) is 19.8 Å². The first-order valence-electron chi connectivity index (χ1n) is 4.69. The highest BCUT2D eigenvalue weighted by atomic mass is 16.3. The maximum atomic E-state index is 11.7. The highest BCUT2D eigenvalue weighted by Crippen LogP contribution is 2.19. The van der Waals surface area contributed by atoms with Crippen LogP contribution in [0.25, 0.3) is 0 Å². The lowest BCUT2D eigenvalue weighted by molar-refractivity contribution is -0.134. The summed E-state index contributed by atoms with van der Waals surface area (Å²) in [6.45, 7) is 2.12. The van der Waals surface area contributed by atoms with Crippen molar-refractivity contribution in [3.8, 4) is 0 Å². The van der Waals surface area contributed by atoms with Crippen LogP contribution < -0.4 is 0 Å². The zero-order chi connectivity index (χ0) is 9.84. The van der Waals surface area contributed by atoms with Gasteiger partial charge in [0.25, 0.3) is 0 Å². The number of allylic oxidation sites excluding steroid dienone is 2. The van der Waals surface area contributed by atoms with Gasteiger partial charge in [0.15, 0.2) is 0 Å². The number of amides is 1. The lowest BCUT2D eigenvalue weighted by atomic mass is 10.1. The Morgan fingerprint density at radius 3 is 2.62 bits per heavy atom. The molecule has 0 aliphatic heterocycles. The van der Waals surface area contributed by atoms with Crippen molar-refractivity contribution in [1.29, 1.82) is 0 Å². The van der Waals surface area contributed by atoms with E-state index in [-0.39, 0.29) is 11.8 Å². The summed E-state index contributed by atoms with van der Waals surface area (Å²) >= 11 is 0. The number of hydrogen-bond donors (Lipinski definition) is 1. The van der Waals surface area contributed by atoms with Gasteiger partial charge in [-0.3, -0.25) is 4.79 Å². The summed E-state index contributed by atoms with van der Waals surface area (Å²) in [7, 11) is 1.74. The monoisotopic (exact) mass is 183 g/mol. The number of nitrogens with zero attached hydrogens (tertiary/aromatic N) is 1. The molecule has 0 aromatic heterocycles. The van der Waals surface area contributed by atoms with E-state index in [1.807, 2.05) is 12.2 Å². The van der Waals surface area contributed by atoms with Crippen molar-refractivity contribution in [2.75, 3.05) is 13.6 Å². The van der Waals surface area contributed by atoms with E-state index in [1.54, 1.807) is 18.9 Å². The van der Waals surface area contributed by atoms with Gasteiger partial charge in [-0.2, -0.15) is 0 Å². The number of carbonyl (C=O) groups is 1. The summed E-state index contributed by atoms with van der Waals surface area (Å²) in [6.07, 6.45) is 5.34. The first kappa shape index (κ1) is 10.3. The van der Waals surface area contributed by atoms with Crippen molar-refractivity contribution < 1.29 is 9.90 Å². The molecule has 0 aromatic carbocycles.